The Morgan fingerprint density at radius 1 is 1.04 bits per heavy atom. The minimum Gasteiger partial charge on any atom is -0.258 e. The molecular weight excluding hydrogens is 412 g/mol. The van der Waals surface area contributed by atoms with Crippen LogP contribution in [-0.4, -0.2) is 19.0 Å². The molecular formula is C19H13BrN4O3. The number of halogens is 1. The van der Waals surface area contributed by atoms with Gasteiger partial charge in [0.2, 0.25) is 0 Å². The monoisotopic (exact) mass is 424 g/mol. The van der Waals surface area contributed by atoms with Gasteiger partial charge in [-0.1, -0.05) is 34.1 Å². The summed E-state index contributed by atoms with van der Waals surface area (Å²) < 4.78 is 3.60. The first-order valence-corrected chi connectivity index (χ1v) is 8.87. The Labute approximate surface area is 161 Å². The summed E-state index contributed by atoms with van der Waals surface area (Å²) in [5, 5.41) is 11.7. The number of nitro benzene ring substituents is 1. The van der Waals surface area contributed by atoms with Crippen molar-refractivity contribution in [2.45, 2.75) is 6.92 Å². The van der Waals surface area contributed by atoms with Gasteiger partial charge in [0.05, 0.1) is 16.0 Å². The zero-order valence-corrected chi connectivity index (χ0v) is 15.8. The lowest BCUT2D eigenvalue weighted by molar-refractivity contribution is -0.385. The molecule has 4 rings (SSSR count). The molecule has 0 N–H and O–H groups in total. The van der Waals surface area contributed by atoms with Gasteiger partial charge in [0.25, 0.3) is 5.69 Å². The molecule has 8 heteroatoms. The highest BCUT2D eigenvalue weighted by atomic mass is 79.9. The maximum Gasteiger partial charge on any atom is 0.339 e. The number of hydrogen-bond acceptors (Lipinski definition) is 4. The van der Waals surface area contributed by atoms with E-state index in [1.165, 1.54) is 9.13 Å². The molecule has 2 aromatic carbocycles. The van der Waals surface area contributed by atoms with E-state index in [4.69, 9.17) is 0 Å². The Balaban J connectivity index is 2.17. The molecule has 0 fully saturated rings. The summed E-state index contributed by atoms with van der Waals surface area (Å²) >= 11 is 3.43. The summed E-state index contributed by atoms with van der Waals surface area (Å²) in [5.41, 5.74) is 1.36. The second kappa shape index (κ2) is 6.48. The summed E-state index contributed by atoms with van der Waals surface area (Å²) in [6.45, 7) is 1.65. The smallest absolute Gasteiger partial charge is 0.258 e. The molecule has 0 atom stereocenters. The fraction of sp³-hybridized carbons (Fsp3) is 0.0526. The van der Waals surface area contributed by atoms with Gasteiger partial charge in [-0.25, -0.2) is 14.3 Å². The number of para-hydroxylation sites is 1. The number of rotatable bonds is 3. The fourth-order valence-corrected chi connectivity index (χ4v) is 3.52. The van der Waals surface area contributed by atoms with Crippen LogP contribution in [0, 0.1) is 17.0 Å². The second-order valence-electron chi connectivity index (χ2n) is 5.97. The zero-order valence-electron chi connectivity index (χ0n) is 14.2. The van der Waals surface area contributed by atoms with Crippen molar-refractivity contribution < 1.29 is 4.92 Å². The van der Waals surface area contributed by atoms with E-state index < -0.39 is 10.6 Å². The van der Waals surface area contributed by atoms with Crippen LogP contribution in [0.4, 0.5) is 5.69 Å². The zero-order chi connectivity index (χ0) is 19.1. The van der Waals surface area contributed by atoms with Crippen LogP contribution < -0.4 is 5.69 Å². The molecule has 0 aliphatic rings. The number of aryl methyl sites for hydroxylation is 1. The second-order valence-corrected chi connectivity index (χ2v) is 6.89. The quantitative estimate of drug-likeness (QED) is 0.365. The van der Waals surface area contributed by atoms with Gasteiger partial charge in [0.15, 0.2) is 0 Å². The highest BCUT2D eigenvalue weighted by Crippen LogP contribution is 2.30. The molecule has 2 aromatic heterocycles. The number of fused-ring (bicyclic) bond motifs is 1. The molecule has 0 radical (unpaired) electrons. The van der Waals surface area contributed by atoms with E-state index in [0.29, 0.717) is 22.4 Å². The summed E-state index contributed by atoms with van der Waals surface area (Å²) in [7, 11) is 0. The van der Waals surface area contributed by atoms with E-state index >= 15 is 0 Å². The van der Waals surface area contributed by atoms with Crippen molar-refractivity contribution >= 4 is 32.7 Å². The van der Waals surface area contributed by atoms with E-state index in [9.17, 15) is 14.9 Å². The lowest BCUT2D eigenvalue weighted by Gasteiger charge is -2.06. The number of benzene rings is 2. The molecule has 0 amide bonds. The lowest BCUT2D eigenvalue weighted by Crippen LogP contribution is -2.23. The molecule has 0 aliphatic carbocycles. The molecule has 0 bridgehead atoms. The minimum atomic E-state index is -0.458. The van der Waals surface area contributed by atoms with Crippen molar-refractivity contribution in [3.8, 4) is 11.5 Å². The van der Waals surface area contributed by atoms with Gasteiger partial charge in [-0.15, -0.1) is 0 Å². The first-order chi connectivity index (χ1) is 13.0. The summed E-state index contributed by atoms with van der Waals surface area (Å²) in [6, 6.07) is 15.5. The molecule has 0 saturated carbocycles. The number of nitrogens with zero attached hydrogens (tertiary/aromatic N) is 4. The van der Waals surface area contributed by atoms with E-state index in [1.807, 2.05) is 0 Å². The third-order valence-electron chi connectivity index (χ3n) is 4.32. The van der Waals surface area contributed by atoms with Crippen molar-refractivity contribution in [2.75, 3.05) is 0 Å². The van der Waals surface area contributed by atoms with Gasteiger partial charge < -0.3 is 0 Å². The third-order valence-corrected chi connectivity index (χ3v) is 4.81. The molecule has 0 unspecified atom stereocenters. The van der Waals surface area contributed by atoms with Gasteiger partial charge in [-0.05, 0) is 43.3 Å². The normalized spacial score (nSPS) is 11.0. The number of hydrogen-bond donors (Lipinski definition) is 0. The van der Waals surface area contributed by atoms with Crippen LogP contribution in [0.2, 0.25) is 0 Å². The first-order valence-electron chi connectivity index (χ1n) is 8.08. The molecule has 27 heavy (non-hydrogen) atoms. The lowest BCUT2D eigenvalue weighted by atomic mass is 10.1. The topological polar surface area (TPSA) is 83.0 Å². The first kappa shape index (κ1) is 17.2. The minimum absolute atomic E-state index is 0.0948. The van der Waals surface area contributed by atoms with Gasteiger partial charge >= 0.3 is 5.69 Å². The maximum absolute atomic E-state index is 13.3. The van der Waals surface area contributed by atoms with E-state index in [-0.39, 0.29) is 11.4 Å². The Morgan fingerprint density at radius 2 is 1.85 bits per heavy atom. The van der Waals surface area contributed by atoms with Crippen molar-refractivity contribution in [1.29, 1.82) is 0 Å². The summed E-state index contributed by atoms with van der Waals surface area (Å²) in [4.78, 5) is 28.8. The van der Waals surface area contributed by atoms with Crippen molar-refractivity contribution in [3.05, 3.63) is 91.4 Å². The third kappa shape index (κ3) is 2.74. The Bertz CT molecular complexity index is 1250. The molecule has 134 valence electrons. The van der Waals surface area contributed by atoms with Gasteiger partial charge in [0, 0.05) is 16.2 Å². The number of nitro groups is 1. The van der Waals surface area contributed by atoms with Crippen LogP contribution in [0.3, 0.4) is 0 Å². The predicted octanol–water partition coefficient (Wildman–Crippen LogP) is 4.16. The van der Waals surface area contributed by atoms with Crippen molar-refractivity contribution in [3.63, 3.8) is 0 Å². The highest BCUT2D eigenvalue weighted by Gasteiger charge is 2.24. The van der Waals surface area contributed by atoms with Gasteiger partial charge in [0.1, 0.15) is 11.5 Å². The van der Waals surface area contributed by atoms with Crippen molar-refractivity contribution in [2.24, 2.45) is 0 Å². The van der Waals surface area contributed by atoms with Crippen LogP contribution in [0.5, 0.6) is 0 Å². The van der Waals surface area contributed by atoms with Crippen LogP contribution in [0.1, 0.15) is 5.56 Å². The summed E-state index contributed by atoms with van der Waals surface area (Å²) in [5.74, 6) is 0.444. The van der Waals surface area contributed by atoms with E-state index in [0.717, 1.165) is 4.47 Å². The standard InChI is InChI=1S/C19H13BrN4O3/c1-12-5-4-6-15(18(12)24(26)27)22-14-9-8-13(20)11-16(14)23(19(22)25)17-7-2-3-10-21-17/h2-11H,1H3. The van der Waals surface area contributed by atoms with Gasteiger partial charge in [-0.2, -0.15) is 0 Å². The fourth-order valence-electron chi connectivity index (χ4n) is 3.17. The molecule has 4 aromatic rings. The molecule has 7 nitrogen and oxygen atoms in total. The van der Waals surface area contributed by atoms with Crippen LogP contribution >= 0.6 is 15.9 Å². The Kier molecular flexibility index (Phi) is 4.12. The Morgan fingerprint density at radius 3 is 2.56 bits per heavy atom. The summed E-state index contributed by atoms with van der Waals surface area (Å²) in [6.07, 6.45) is 1.60. The number of imidazole rings is 1. The maximum atomic E-state index is 13.3. The van der Waals surface area contributed by atoms with Crippen LogP contribution in [-0.2, 0) is 0 Å². The largest absolute Gasteiger partial charge is 0.339 e. The predicted molar refractivity (Wildman–Crippen MR) is 106 cm³/mol. The molecule has 0 aliphatic heterocycles. The SMILES string of the molecule is Cc1cccc(-n2c(=O)n(-c3ccccn3)c3cc(Br)ccc32)c1[N+](=O)[O-]. The van der Waals surface area contributed by atoms with Crippen molar-refractivity contribution in [1.82, 2.24) is 14.1 Å². The average molecular weight is 425 g/mol. The van der Waals surface area contributed by atoms with Gasteiger partial charge in [-0.3, -0.25) is 14.7 Å². The molecule has 0 spiro atoms. The van der Waals surface area contributed by atoms with E-state index in [2.05, 4.69) is 20.9 Å². The Hall–Kier alpha value is -3.26. The average Bonchev–Trinajstić information content (AvgIpc) is 2.92. The van der Waals surface area contributed by atoms with E-state index in [1.54, 1.807) is 67.7 Å². The molecule has 2 heterocycles. The van der Waals surface area contributed by atoms with Crippen LogP contribution in [0.25, 0.3) is 22.5 Å². The molecule has 0 saturated heterocycles. The number of pyridine rings is 1. The highest BCUT2D eigenvalue weighted by molar-refractivity contribution is 9.10. The van der Waals surface area contributed by atoms with Crippen LogP contribution in [0.15, 0.2) is 70.1 Å². The number of aromatic nitrogens is 3.